The van der Waals surface area contributed by atoms with Gasteiger partial charge in [0.1, 0.15) is 0 Å². The van der Waals surface area contributed by atoms with Gasteiger partial charge in [-0.1, -0.05) is 54.2 Å². The number of thiocarbonyl (C=S) groups is 1. The van der Waals surface area contributed by atoms with E-state index < -0.39 is 0 Å². The van der Waals surface area contributed by atoms with Gasteiger partial charge in [-0.05, 0) is 24.3 Å². The molecule has 0 atom stereocenters. The van der Waals surface area contributed by atoms with Crippen LogP contribution in [0.3, 0.4) is 0 Å². The molecule has 0 bridgehead atoms. The molecular formula is C15H10ClN3S. The Hall–Kier alpha value is -2.04. The lowest BCUT2D eigenvalue weighted by atomic mass is 10.2. The topological polar surface area (TPSA) is 30.7 Å². The average Bonchev–Trinajstić information content (AvgIpc) is 2.92. The molecule has 20 heavy (non-hydrogen) atoms. The molecule has 0 N–H and O–H groups in total. The first-order chi connectivity index (χ1) is 9.81. The number of para-hydroxylation sites is 1. The maximum absolute atomic E-state index is 6.25. The second-order valence-corrected chi connectivity index (χ2v) is 4.79. The van der Waals surface area contributed by atoms with Crippen LogP contribution in [0.2, 0.25) is 5.02 Å². The zero-order chi connectivity index (χ0) is 13.9. The number of nitrogens with zero attached hydrogens (tertiary/aromatic N) is 3. The van der Waals surface area contributed by atoms with Crippen molar-refractivity contribution in [2.24, 2.45) is 0 Å². The summed E-state index contributed by atoms with van der Waals surface area (Å²) < 4.78 is 1.90. The van der Waals surface area contributed by atoms with Crippen LogP contribution in [0.25, 0.3) is 17.1 Å². The molecule has 3 aromatic rings. The third kappa shape index (κ3) is 2.24. The van der Waals surface area contributed by atoms with Crippen molar-refractivity contribution < 1.29 is 0 Å². The van der Waals surface area contributed by atoms with E-state index in [1.54, 1.807) is 0 Å². The van der Waals surface area contributed by atoms with Crippen LogP contribution in [0.4, 0.5) is 0 Å². The van der Waals surface area contributed by atoms with Crippen LogP contribution >= 0.6 is 23.8 Å². The van der Waals surface area contributed by atoms with Gasteiger partial charge in [-0.15, -0.1) is 10.2 Å². The summed E-state index contributed by atoms with van der Waals surface area (Å²) in [6.45, 7) is 0. The fourth-order valence-corrected chi connectivity index (χ4v) is 2.39. The zero-order valence-corrected chi connectivity index (χ0v) is 12.0. The molecule has 0 saturated heterocycles. The summed E-state index contributed by atoms with van der Waals surface area (Å²) in [5.41, 5.74) is 1.78. The summed E-state index contributed by atoms with van der Waals surface area (Å²) >= 11 is 11.3. The van der Waals surface area contributed by atoms with E-state index in [2.05, 4.69) is 10.2 Å². The molecule has 1 aromatic heterocycles. The van der Waals surface area contributed by atoms with Crippen molar-refractivity contribution in [3.63, 3.8) is 0 Å². The number of aromatic nitrogens is 3. The Morgan fingerprint density at radius 2 is 1.65 bits per heavy atom. The lowest BCUT2D eigenvalue weighted by molar-refractivity contribution is 1.05. The second-order valence-electron chi connectivity index (χ2n) is 4.15. The average molecular weight is 300 g/mol. The fourth-order valence-electron chi connectivity index (χ4n) is 2.02. The highest BCUT2D eigenvalue weighted by atomic mass is 35.5. The van der Waals surface area contributed by atoms with E-state index in [1.165, 1.54) is 5.37 Å². The van der Waals surface area contributed by atoms with Crippen molar-refractivity contribution in [3.05, 3.63) is 65.4 Å². The number of rotatable bonds is 3. The summed E-state index contributed by atoms with van der Waals surface area (Å²) in [6.07, 6.45) is 0. The molecular weight excluding hydrogens is 290 g/mol. The van der Waals surface area contributed by atoms with E-state index in [0.29, 0.717) is 16.7 Å². The van der Waals surface area contributed by atoms with E-state index >= 15 is 0 Å². The van der Waals surface area contributed by atoms with Crippen molar-refractivity contribution in [2.75, 3.05) is 0 Å². The standard InChI is InChI=1S/C15H10ClN3S/c16-13-9-5-4-8-12(13)15-18-17-14(10-20)19(15)11-6-2-1-3-7-11/h1-10H. The summed E-state index contributed by atoms with van der Waals surface area (Å²) in [7, 11) is 0. The number of hydrogen-bond acceptors (Lipinski definition) is 3. The maximum Gasteiger partial charge on any atom is 0.172 e. The van der Waals surface area contributed by atoms with Crippen molar-refractivity contribution in [2.45, 2.75) is 0 Å². The third-order valence-corrected chi connectivity index (χ3v) is 3.46. The molecule has 98 valence electrons. The van der Waals surface area contributed by atoms with Crippen LogP contribution in [0.15, 0.2) is 54.6 Å². The second kappa shape index (κ2) is 5.53. The molecule has 3 nitrogen and oxygen atoms in total. The van der Waals surface area contributed by atoms with Crippen LogP contribution < -0.4 is 0 Å². The first kappa shape index (κ1) is 13.0. The van der Waals surface area contributed by atoms with Gasteiger partial charge in [-0.25, -0.2) is 0 Å². The Morgan fingerprint density at radius 3 is 2.35 bits per heavy atom. The summed E-state index contributed by atoms with van der Waals surface area (Å²) in [4.78, 5) is 0. The molecule has 0 aliphatic rings. The molecule has 0 spiro atoms. The summed E-state index contributed by atoms with van der Waals surface area (Å²) in [5.74, 6) is 1.29. The van der Waals surface area contributed by atoms with Gasteiger partial charge in [0.15, 0.2) is 11.6 Å². The monoisotopic (exact) mass is 299 g/mol. The molecule has 0 saturated carbocycles. The van der Waals surface area contributed by atoms with Gasteiger partial charge < -0.3 is 0 Å². The summed E-state index contributed by atoms with van der Waals surface area (Å²) in [5, 5.41) is 10.5. The predicted molar refractivity (Wildman–Crippen MR) is 84.6 cm³/mol. The van der Waals surface area contributed by atoms with Crippen LogP contribution in [0, 0.1) is 0 Å². The van der Waals surface area contributed by atoms with Gasteiger partial charge in [0, 0.05) is 16.6 Å². The van der Waals surface area contributed by atoms with Crippen LogP contribution in [-0.2, 0) is 0 Å². The van der Waals surface area contributed by atoms with Crippen LogP contribution in [0.5, 0.6) is 0 Å². The Labute approximate surface area is 126 Å². The highest BCUT2D eigenvalue weighted by Gasteiger charge is 2.15. The Morgan fingerprint density at radius 1 is 0.950 bits per heavy atom. The predicted octanol–water partition coefficient (Wildman–Crippen LogP) is 3.94. The lowest BCUT2D eigenvalue weighted by Crippen LogP contribution is -2.02. The first-order valence-electron chi connectivity index (χ1n) is 6.02. The van der Waals surface area contributed by atoms with Gasteiger partial charge in [0.05, 0.1) is 5.02 Å². The normalized spacial score (nSPS) is 10.4. The molecule has 2 aromatic carbocycles. The van der Waals surface area contributed by atoms with Gasteiger partial charge >= 0.3 is 0 Å². The van der Waals surface area contributed by atoms with E-state index in [1.807, 2.05) is 59.2 Å². The smallest absolute Gasteiger partial charge is 0.172 e. The quantitative estimate of drug-likeness (QED) is 0.686. The maximum atomic E-state index is 6.25. The SMILES string of the molecule is S=Cc1nnc(-c2ccccc2Cl)n1-c1ccccc1. The Bertz CT molecular complexity index is 753. The summed E-state index contributed by atoms with van der Waals surface area (Å²) in [6, 6.07) is 17.4. The van der Waals surface area contributed by atoms with Crippen molar-refractivity contribution in [1.29, 1.82) is 0 Å². The highest BCUT2D eigenvalue weighted by molar-refractivity contribution is 7.79. The fraction of sp³-hybridized carbons (Fsp3) is 0. The molecule has 0 unspecified atom stereocenters. The van der Waals surface area contributed by atoms with E-state index in [9.17, 15) is 0 Å². The zero-order valence-electron chi connectivity index (χ0n) is 10.4. The van der Waals surface area contributed by atoms with Crippen LogP contribution in [0.1, 0.15) is 5.82 Å². The number of halogens is 1. The Balaban J connectivity index is 2.26. The van der Waals surface area contributed by atoms with E-state index in [0.717, 1.165) is 11.3 Å². The van der Waals surface area contributed by atoms with Gasteiger partial charge in [-0.3, -0.25) is 4.57 Å². The van der Waals surface area contributed by atoms with E-state index in [-0.39, 0.29) is 0 Å². The molecule has 0 amide bonds. The van der Waals surface area contributed by atoms with Gasteiger partial charge in [0.25, 0.3) is 0 Å². The van der Waals surface area contributed by atoms with Crippen molar-refractivity contribution in [1.82, 2.24) is 14.8 Å². The number of hydrogen-bond donors (Lipinski definition) is 0. The molecule has 5 heteroatoms. The highest BCUT2D eigenvalue weighted by Crippen LogP contribution is 2.28. The number of benzene rings is 2. The first-order valence-corrected chi connectivity index (χ1v) is 6.87. The minimum absolute atomic E-state index is 0.612. The minimum atomic E-state index is 0.612. The minimum Gasteiger partial charge on any atom is -0.275 e. The lowest BCUT2D eigenvalue weighted by Gasteiger charge is -2.09. The van der Waals surface area contributed by atoms with Gasteiger partial charge in [-0.2, -0.15) is 0 Å². The molecule has 0 fully saturated rings. The van der Waals surface area contributed by atoms with Crippen LogP contribution in [-0.4, -0.2) is 20.1 Å². The largest absolute Gasteiger partial charge is 0.275 e. The Kier molecular flexibility index (Phi) is 3.58. The molecule has 0 aliphatic carbocycles. The molecule has 0 radical (unpaired) electrons. The third-order valence-electron chi connectivity index (χ3n) is 2.92. The molecule has 1 heterocycles. The van der Waals surface area contributed by atoms with Crippen molar-refractivity contribution >= 4 is 29.2 Å². The van der Waals surface area contributed by atoms with E-state index in [4.69, 9.17) is 23.8 Å². The molecule has 3 rings (SSSR count). The molecule has 0 aliphatic heterocycles. The van der Waals surface area contributed by atoms with Gasteiger partial charge in [0.2, 0.25) is 0 Å². The van der Waals surface area contributed by atoms with Crippen molar-refractivity contribution in [3.8, 4) is 17.1 Å².